The smallest absolute Gasteiger partial charge is 0.243 e. The number of carbonyl (C=O) groups is 2. The summed E-state index contributed by atoms with van der Waals surface area (Å²) in [5.41, 5.74) is 2.32. The molecule has 1 saturated heterocycles. The maximum atomic E-state index is 13.4. The molecule has 2 fully saturated rings. The van der Waals surface area contributed by atoms with E-state index < -0.39 is 10.0 Å². The van der Waals surface area contributed by atoms with Gasteiger partial charge in [0, 0.05) is 48.4 Å². The fraction of sp³-hybridized carbons (Fsp3) is 0.481. The fourth-order valence-electron chi connectivity index (χ4n) is 5.30. The van der Waals surface area contributed by atoms with Crippen molar-refractivity contribution in [1.29, 1.82) is 0 Å². The van der Waals surface area contributed by atoms with E-state index in [9.17, 15) is 18.0 Å². The van der Waals surface area contributed by atoms with Crippen LogP contribution in [0.1, 0.15) is 38.2 Å². The molecule has 2 aromatic carbocycles. The molecule has 10 heteroatoms. The van der Waals surface area contributed by atoms with Gasteiger partial charge in [-0.2, -0.15) is 4.31 Å². The molecule has 37 heavy (non-hydrogen) atoms. The van der Waals surface area contributed by atoms with Crippen molar-refractivity contribution < 1.29 is 27.5 Å². The van der Waals surface area contributed by atoms with Crippen molar-refractivity contribution >= 4 is 33.2 Å². The van der Waals surface area contributed by atoms with Crippen LogP contribution in [-0.4, -0.2) is 57.9 Å². The van der Waals surface area contributed by atoms with Gasteiger partial charge in [-0.25, -0.2) is 8.42 Å². The molecule has 0 spiro atoms. The van der Waals surface area contributed by atoms with Crippen LogP contribution in [0.2, 0.25) is 0 Å². The minimum Gasteiger partial charge on any atom is -0.493 e. The molecule has 2 amide bonds. The molecular weight excluding hydrogens is 494 g/mol. The summed E-state index contributed by atoms with van der Waals surface area (Å²) < 4.78 is 38.8. The lowest BCUT2D eigenvalue weighted by atomic mass is 9.97. The highest BCUT2D eigenvalue weighted by atomic mass is 32.2. The lowest BCUT2D eigenvalue weighted by Gasteiger charge is -2.30. The van der Waals surface area contributed by atoms with Gasteiger partial charge in [-0.05, 0) is 74.9 Å². The van der Waals surface area contributed by atoms with Gasteiger partial charge < -0.3 is 19.7 Å². The number of piperidine rings is 1. The number of anilines is 2. The van der Waals surface area contributed by atoms with Gasteiger partial charge in [0.05, 0.1) is 19.1 Å². The van der Waals surface area contributed by atoms with Gasteiger partial charge in [-0.15, -0.1) is 0 Å². The molecule has 0 bridgehead atoms. The van der Waals surface area contributed by atoms with Crippen LogP contribution >= 0.6 is 0 Å². The number of nitrogens with one attached hydrogen (secondary N) is 1. The summed E-state index contributed by atoms with van der Waals surface area (Å²) in [5, 5.41) is 2.91. The van der Waals surface area contributed by atoms with Crippen LogP contribution in [0.3, 0.4) is 0 Å². The zero-order chi connectivity index (χ0) is 26.3. The number of sulfonamides is 1. The Balaban J connectivity index is 1.23. The zero-order valence-corrected chi connectivity index (χ0v) is 22.2. The van der Waals surface area contributed by atoms with Gasteiger partial charge >= 0.3 is 0 Å². The standard InChI is InChI=1S/C27H33N3O6S/c1-17-14-20-15-22(7-8-23(20)30(17)27(32)19-4-5-19)37(33,34)29-12-10-18(11-13-29)26(31)28-21-6-9-24(35-2)25(16-21)36-3/h6-9,15-19H,4-5,10-14H2,1-3H3,(H,28,31). The number of carbonyl (C=O) groups excluding carboxylic acids is 2. The summed E-state index contributed by atoms with van der Waals surface area (Å²) in [6.45, 7) is 2.55. The highest BCUT2D eigenvalue weighted by molar-refractivity contribution is 7.89. The van der Waals surface area contributed by atoms with Crippen LogP contribution in [0.5, 0.6) is 11.5 Å². The molecule has 3 aliphatic rings. The second-order valence-corrected chi connectivity index (χ2v) is 12.0. The van der Waals surface area contributed by atoms with Crippen molar-refractivity contribution in [2.45, 2.75) is 50.0 Å². The first kappa shape index (κ1) is 25.5. The Kier molecular flexibility index (Phi) is 6.89. The third-order valence-electron chi connectivity index (χ3n) is 7.54. The number of rotatable bonds is 7. The number of hydrogen-bond acceptors (Lipinski definition) is 6. The lowest BCUT2D eigenvalue weighted by Crippen LogP contribution is -2.41. The van der Waals surface area contributed by atoms with Crippen molar-refractivity contribution in [2.75, 3.05) is 37.5 Å². The van der Waals surface area contributed by atoms with Gasteiger partial charge in [0.2, 0.25) is 21.8 Å². The van der Waals surface area contributed by atoms with Crippen molar-refractivity contribution in [3.63, 3.8) is 0 Å². The third-order valence-corrected chi connectivity index (χ3v) is 9.44. The van der Waals surface area contributed by atoms with E-state index in [0.29, 0.717) is 36.4 Å². The Morgan fingerprint density at radius 2 is 1.62 bits per heavy atom. The van der Waals surface area contributed by atoms with E-state index in [1.54, 1.807) is 43.5 Å². The van der Waals surface area contributed by atoms with Gasteiger partial charge in [0.15, 0.2) is 11.5 Å². The fourth-order valence-corrected chi connectivity index (χ4v) is 6.82. The molecular formula is C27H33N3O6S. The number of benzene rings is 2. The van der Waals surface area contributed by atoms with Crippen LogP contribution in [0.4, 0.5) is 11.4 Å². The van der Waals surface area contributed by atoms with Crippen molar-refractivity contribution in [3.8, 4) is 11.5 Å². The van der Waals surface area contributed by atoms with Gasteiger partial charge in [0.1, 0.15) is 0 Å². The van der Waals surface area contributed by atoms with Crippen LogP contribution in [-0.2, 0) is 26.0 Å². The van der Waals surface area contributed by atoms with E-state index >= 15 is 0 Å². The first-order chi connectivity index (χ1) is 17.7. The Morgan fingerprint density at radius 1 is 0.919 bits per heavy atom. The molecule has 5 rings (SSSR count). The molecule has 0 radical (unpaired) electrons. The number of methoxy groups -OCH3 is 2. The normalized spacial score (nSPS) is 20.4. The maximum absolute atomic E-state index is 13.4. The number of amides is 2. The van der Waals surface area contributed by atoms with E-state index in [2.05, 4.69) is 5.32 Å². The average Bonchev–Trinajstić information content (AvgIpc) is 3.70. The van der Waals surface area contributed by atoms with E-state index in [0.717, 1.165) is 24.1 Å². The summed E-state index contributed by atoms with van der Waals surface area (Å²) >= 11 is 0. The molecule has 198 valence electrons. The van der Waals surface area contributed by atoms with Crippen molar-refractivity contribution in [3.05, 3.63) is 42.0 Å². The quantitative estimate of drug-likeness (QED) is 0.592. The van der Waals surface area contributed by atoms with Crippen LogP contribution < -0.4 is 19.7 Å². The molecule has 1 atom stereocenters. The first-order valence-corrected chi connectivity index (χ1v) is 14.2. The van der Waals surface area contributed by atoms with Crippen molar-refractivity contribution in [2.24, 2.45) is 11.8 Å². The highest BCUT2D eigenvalue weighted by Crippen LogP contribution is 2.40. The molecule has 9 nitrogen and oxygen atoms in total. The summed E-state index contributed by atoms with van der Waals surface area (Å²) in [6, 6.07) is 10.3. The second-order valence-electron chi connectivity index (χ2n) is 10.1. The summed E-state index contributed by atoms with van der Waals surface area (Å²) in [6.07, 6.45) is 3.39. The van der Waals surface area contributed by atoms with Crippen molar-refractivity contribution in [1.82, 2.24) is 4.31 Å². The minimum atomic E-state index is -3.70. The Hall–Kier alpha value is -3.11. The number of nitrogens with zero attached hydrogens (tertiary/aromatic N) is 2. The highest BCUT2D eigenvalue weighted by Gasteiger charge is 2.40. The van der Waals surface area contributed by atoms with E-state index in [1.807, 2.05) is 11.8 Å². The lowest BCUT2D eigenvalue weighted by molar-refractivity contribution is -0.121. The van der Waals surface area contributed by atoms with E-state index in [-0.39, 0.29) is 47.7 Å². The largest absolute Gasteiger partial charge is 0.493 e. The van der Waals surface area contributed by atoms with Gasteiger partial charge in [0.25, 0.3) is 0 Å². The molecule has 0 aromatic heterocycles. The number of hydrogen-bond donors (Lipinski definition) is 1. The van der Waals surface area contributed by atoms with Crippen LogP contribution in [0, 0.1) is 11.8 Å². The molecule has 1 N–H and O–H groups in total. The molecule has 2 aliphatic heterocycles. The van der Waals surface area contributed by atoms with E-state index in [4.69, 9.17) is 9.47 Å². The molecule has 2 aromatic rings. The zero-order valence-electron chi connectivity index (χ0n) is 21.4. The Morgan fingerprint density at radius 3 is 2.27 bits per heavy atom. The Bertz CT molecular complexity index is 1320. The average molecular weight is 528 g/mol. The minimum absolute atomic E-state index is 0.0287. The second kappa shape index (κ2) is 9.98. The predicted octanol–water partition coefficient (Wildman–Crippen LogP) is 3.43. The monoisotopic (exact) mass is 527 g/mol. The van der Waals surface area contributed by atoms with Gasteiger partial charge in [-0.1, -0.05) is 0 Å². The molecule has 1 aliphatic carbocycles. The molecule has 1 unspecified atom stereocenters. The topological polar surface area (TPSA) is 105 Å². The Labute approximate surface area is 217 Å². The van der Waals surface area contributed by atoms with Gasteiger partial charge in [-0.3, -0.25) is 9.59 Å². The SMILES string of the molecule is COc1ccc(NC(=O)C2CCN(S(=O)(=O)c3ccc4c(c3)CC(C)N4C(=O)C3CC3)CC2)cc1OC. The number of fused-ring (bicyclic) bond motifs is 1. The first-order valence-electron chi connectivity index (χ1n) is 12.7. The summed E-state index contributed by atoms with van der Waals surface area (Å²) in [4.78, 5) is 27.7. The van der Waals surface area contributed by atoms with Crippen LogP contribution in [0.15, 0.2) is 41.3 Å². The van der Waals surface area contributed by atoms with E-state index in [1.165, 1.54) is 11.4 Å². The predicted molar refractivity (Wildman–Crippen MR) is 139 cm³/mol. The third kappa shape index (κ3) is 4.92. The molecule has 1 saturated carbocycles. The summed E-state index contributed by atoms with van der Waals surface area (Å²) in [5.74, 6) is 0.920. The molecule has 2 heterocycles. The number of ether oxygens (including phenoxy) is 2. The van der Waals surface area contributed by atoms with Crippen LogP contribution in [0.25, 0.3) is 0 Å². The maximum Gasteiger partial charge on any atom is 0.243 e. The summed E-state index contributed by atoms with van der Waals surface area (Å²) in [7, 11) is -0.620.